The number of carbonyl (C=O) groups is 1. The van der Waals surface area contributed by atoms with Crippen molar-refractivity contribution >= 4 is 33.1 Å². The van der Waals surface area contributed by atoms with Crippen LogP contribution in [-0.4, -0.2) is 25.2 Å². The fraction of sp³-hybridized carbons (Fsp3) is 0.235. The molecule has 26 heavy (non-hydrogen) atoms. The van der Waals surface area contributed by atoms with E-state index in [0.29, 0.717) is 23.5 Å². The lowest BCUT2D eigenvalue weighted by Gasteiger charge is -2.27. The highest BCUT2D eigenvalue weighted by Crippen LogP contribution is 2.39. The molecule has 0 fully saturated rings. The van der Waals surface area contributed by atoms with Gasteiger partial charge in [-0.3, -0.25) is 9.52 Å². The first-order valence-electron chi connectivity index (χ1n) is 7.94. The van der Waals surface area contributed by atoms with Gasteiger partial charge in [-0.25, -0.2) is 12.8 Å². The maximum absolute atomic E-state index is 13.0. The van der Waals surface area contributed by atoms with Crippen LogP contribution in [0.2, 0.25) is 0 Å². The number of rotatable bonds is 6. The summed E-state index contributed by atoms with van der Waals surface area (Å²) in [5, 5.41) is 15.4. The van der Waals surface area contributed by atoms with E-state index in [9.17, 15) is 17.6 Å². The molecule has 138 valence electrons. The van der Waals surface area contributed by atoms with Crippen molar-refractivity contribution in [1.82, 2.24) is 0 Å². The number of sulfonamides is 1. The van der Waals surface area contributed by atoms with Gasteiger partial charge in [0.25, 0.3) is 10.0 Å². The molecule has 9 heteroatoms. The lowest BCUT2D eigenvalue weighted by atomic mass is 10.0. The van der Waals surface area contributed by atoms with Gasteiger partial charge in [-0.2, -0.15) is 0 Å². The molecular formula is C17H18FN3O4S. The van der Waals surface area contributed by atoms with Crippen molar-refractivity contribution in [1.29, 1.82) is 0 Å². The molecule has 0 saturated carbocycles. The maximum Gasteiger partial charge on any atom is 0.307 e. The van der Waals surface area contributed by atoms with E-state index in [0.717, 1.165) is 12.1 Å². The Hall–Kier alpha value is -2.81. The van der Waals surface area contributed by atoms with Crippen LogP contribution in [0.3, 0.4) is 0 Å². The zero-order chi connectivity index (χ0) is 18.9. The Bertz CT molecular complexity index is 947. The topological polar surface area (TPSA) is 108 Å². The molecule has 0 saturated heterocycles. The summed E-state index contributed by atoms with van der Waals surface area (Å²) in [4.78, 5) is 11.1. The Balaban J connectivity index is 1.83. The van der Waals surface area contributed by atoms with Gasteiger partial charge in [0, 0.05) is 0 Å². The molecule has 7 nitrogen and oxygen atoms in total. The summed E-state index contributed by atoms with van der Waals surface area (Å²) >= 11 is 0. The zero-order valence-electron chi connectivity index (χ0n) is 13.9. The van der Waals surface area contributed by atoms with Crippen molar-refractivity contribution in [2.75, 3.05) is 15.4 Å². The Morgan fingerprint density at radius 3 is 2.42 bits per heavy atom. The minimum Gasteiger partial charge on any atom is -0.481 e. The molecule has 2 aromatic rings. The molecule has 0 aliphatic carbocycles. The summed E-state index contributed by atoms with van der Waals surface area (Å²) in [5.74, 6) is -1.47. The Labute approximate surface area is 150 Å². The van der Waals surface area contributed by atoms with E-state index in [2.05, 4.69) is 15.4 Å². The second kappa shape index (κ2) is 6.49. The smallest absolute Gasteiger partial charge is 0.307 e. The van der Waals surface area contributed by atoms with Gasteiger partial charge >= 0.3 is 5.97 Å². The third-order valence-electron chi connectivity index (χ3n) is 4.20. The van der Waals surface area contributed by atoms with Crippen LogP contribution in [0.15, 0.2) is 47.4 Å². The Morgan fingerprint density at radius 1 is 1.15 bits per heavy atom. The summed E-state index contributed by atoms with van der Waals surface area (Å²) in [5.41, 5.74) is 0.789. The second-order valence-corrected chi connectivity index (χ2v) is 7.76. The standard InChI is InChI=1S/C17H18FN3O4S/c1-2-17(10-16(22)23)19-14-8-5-12(9-15(14)20-17)21-26(24,25)13-6-3-11(18)4-7-13/h3-9,19-21H,2,10H2,1H3,(H,22,23). The molecule has 0 bridgehead atoms. The molecule has 0 spiro atoms. The number of nitrogens with one attached hydrogen (secondary N) is 3. The molecule has 1 aliphatic rings. The van der Waals surface area contributed by atoms with E-state index in [1.54, 1.807) is 18.2 Å². The summed E-state index contributed by atoms with van der Waals surface area (Å²) in [7, 11) is -3.86. The van der Waals surface area contributed by atoms with Crippen LogP contribution < -0.4 is 15.4 Å². The largest absolute Gasteiger partial charge is 0.481 e. The van der Waals surface area contributed by atoms with Crippen LogP contribution in [0.4, 0.5) is 21.5 Å². The molecule has 2 aromatic carbocycles. The quantitative estimate of drug-likeness (QED) is 0.614. The highest BCUT2D eigenvalue weighted by molar-refractivity contribution is 7.92. The van der Waals surface area contributed by atoms with Crippen LogP contribution in [0.25, 0.3) is 0 Å². The summed E-state index contributed by atoms with van der Waals surface area (Å²) in [6.07, 6.45) is 0.388. The number of benzene rings is 2. The maximum atomic E-state index is 13.0. The third kappa shape index (κ3) is 3.57. The lowest BCUT2D eigenvalue weighted by molar-refractivity contribution is -0.137. The van der Waals surface area contributed by atoms with Crippen LogP contribution in [0.1, 0.15) is 19.8 Å². The minimum atomic E-state index is -3.86. The van der Waals surface area contributed by atoms with Crippen molar-refractivity contribution < 1.29 is 22.7 Å². The summed E-state index contributed by atoms with van der Waals surface area (Å²) < 4.78 is 40.2. The van der Waals surface area contributed by atoms with Crippen LogP contribution in [0.5, 0.6) is 0 Å². The summed E-state index contributed by atoms with van der Waals surface area (Å²) in [6, 6.07) is 9.34. The number of anilines is 3. The van der Waals surface area contributed by atoms with Crippen molar-refractivity contribution in [3.63, 3.8) is 0 Å². The minimum absolute atomic E-state index is 0.0562. The highest BCUT2D eigenvalue weighted by Gasteiger charge is 2.36. The Morgan fingerprint density at radius 2 is 1.81 bits per heavy atom. The van der Waals surface area contributed by atoms with Gasteiger partial charge in [0.05, 0.1) is 28.4 Å². The van der Waals surface area contributed by atoms with E-state index < -0.39 is 27.5 Å². The second-order valence-electron chi connectivity index (χ2n) is 6.08. The van der Waals surface area contributed by atoms with Gasteiger partial charge < -0.3 is 15.7 Å². The zero-order valence-corrected chi connectivity index (χ0v) is 14.7. The molecule has 0 aromatic heterocycles. The van der Waals surface area contributed by atoms with Gasteiger partial charge in [0.15, 0.2) is 0 Å². The highest BCUT2D eigenvalue weighted by atomic mass is 32.2. The first-order valence-corrected chi connectivity index (χ1v) is 9.42. The normalized spacial score (nSPS) is 18.5. The van der Waals surface area contributed by atoms with Gasteiger partial charge in [0.2, 0.25) is 0 Å². The number of halogens is 1. The predicted octanol–water partition coefficient (Wildman–Crippen LogP) is 3.04. The van der Waals surface area contributed by atoms with Crippen LogP contribution >= 0.6 is 0 Å². The number of carboxylic acids is 1. The van der Waals surface area contributed by atoms with Gasteiger partial charge in [-0.15, -0.1) is 0 Å². The number of fused-ring (bicyclic) bond motifs is 1. The molecule has 1 unspecified atom stereocenters. The first kappa shape index (κ1) is 18.0. The van der Waals surface area contributed by atoms with E-state index in [1.165, 1.54) is 12.1 Å². The molecule has 3 rings (SSSR count). The number of hydrogen-bond donors (Lipinski definition) is 4. The number of aliphatic carboxylic acids is 1. The first-order chi connectivity index (χ1) is 12.2. The van der Waals surface area contributed by atoms with Crippen LogP contribution in [0, 0.1) is 5.82 Å². The van der Waals surface area contributed by atoms with Crippen molar-refractivity contribution in [3.8, 4) is 0 Å². The SMILES string of the molecule is CCC1(CC(=O)O)Nc2ccc(NS(=O)(=O)c3ccc(F)cc3)cc2N1. The average Bonchev–Trinajstić information content (AvgIpc) is 2.92. The van der Waals surface area contributed by atoms with Gasteiger partial charge in [-0.05, 0) is 48.9 Å². The third-order valence-corrected chi connectivity index (χ3v) is 5.60. The van der Waals surface area contributed by atoms with E-state index >= 15 is 0 Å². The number of carboxylic acid groups (broad SMARTS) is 1. The Kier molecular flexibility index (Phi) is 4.49. The fourth-order valence-corrected chi connectivity index (χ4v) is 3.89. The van der Waals surface area contributed by atoms with Gasteiger partial charge in [0.1, 0.15) is 11.5 Å². The van der Waals surface area contributed by atoms with Crippen molar-refractivity contribution in [3.05, 3.63) is 48.3 Å². The van der Waals surface area contributed by atoms with E-state index in [4.69, 9.17) is 5.11 Å². The van der Waals surface area contributed by atoms with Crippen LogP contribution in [-0.2, 0) is 14.8 Å². The molecule has 0 radical (unpaired) electrons. The molecule has 0 amide bonds. The fourth-order valence-electron chi connectivity index (χ4n) is 2.84. The predicted molar refractivity (Wildman–Crippen MR) is 96.2 cm³/mol. The molecule has 1 aliphatic heterocycles. The van der Waals surface area contributed by atoms with Crippen molar-refractivity contribution in [2.24, 2.45) is 0 Å². The van der Waals surface area contributed by atoms with E-state index in [1.807, 2.05) is 6.92 Å². The molecule has 1 heterocycles. The van der Waals surface area contributed by atoms with Crippen molar-refractivity contribution in [2.45, 2.75) is 30.3 Å². The average molecular weight is 379 g/mol. The number of hydrogen-bond acceptors (Lipinski definition) is 5. The molecule has 1 atom stereocenters. The van der Waals surface area contributed by atoms with Gasteiger partial charge in [-0.1, -0.05) is 6.92 Å². The molecular weight excluding hydrogens is 361 g/mol. The summed E-state index contributed by atoms with van der Waals surface area (Å²) in [6.45, 7) is 1.85. The lowest BCUT2D eigenvalue weighted by Crippen LogP contribution is -2.43. The molecule has 4 N–H and O–H groups in total. The monoisotopic (exact) mass is 379 g/mol. The van der Waals surface area contributed by atoms with E-state index in [-0.39, 0.29) is 11.3 Å².